The van der Waals surface area contributed by atoms with Crippen molar-refractivity contribution in [3.63, 3.8) is 0 Å². The van der Waals surface area contributed by atoms with Crippen LogP contribution in [-0.2, 0) is 11.2 Å². The smallest absolute Gasteiger partial charge is 0.410 e. The molecule has 1 atom stereocenters. The second kappa shape index (κ2) is 10.0. The maximum Gasteiger partial charge on any atom is 0.410 e. The van der Waals surface area contributed by atoms with Gasteiger partial charge in [-0.3, -0.25) is 0 Å². The van der Waals surface area contributed by atoms with Crippen molar-refractivity contribution in [2.24, 2.45) is 0 Å². The monoisotopic (exact) mass is 442 g/mol. The number of pyridine rings is 1. The van der Waals surface area contributed by atoms with Crippen LogP contribution in [0.15, 0.2) is 66.9 Å². The molecule has 2 aromatic carbocycles. The van der Waals surface area contributed by atoms with Crippen molar-refractivity contribution in [2.45, 2.75) is 26.3 Å². The van der Waals surface area contributed by atoms with E-state index in [0.29, 0.717) is 31.1 Å². The fourth-order valence-electron chi connectivity index (χ4n) is 4.00. The highest BCUT2D eigenvalue weighted by atomic mass is 16.6. The van der Waals surface area contributed by atoms with Crippen LogP contribution in [0.4, 0.5) is 16.3 Å². The van der Waals surface area contributed by atoms with Gasteiger partial charge in [-0.2, -0.15) is 5.26 Å². The summed E-state index contributed by atoms with van der Waals surface area (Å²) >= 11 is 0. The third-order valence-electron chi connectivity index (χ3n) is 5.67. The van der Waals surface area contributed by atoms with E-state index in [9.17, 15) is 10.1 Å². The first kappa shape index (κ1) is 22.2. The molecule has 3 aromatic rings. The lowest BCUT2D eigenvalue weighted by Gasteiger charge is -2.23. The third kappa shape index (κ3) is 4.90. The standard InChI is InChI=1S/C26H26N4O3/c1-3-29(25-20(17-27)6-5-15-28-25)21-9-13-24(14-10-21)33-23-11-7-19(8-12-23)16-22-18-32-26(31)30(22)4-2/h5-15,22H,3-4,16,18H2,1-2H3/t22-/m0/s1. The van der Waals surface area contributed by atoms with Gasteiger partial charge in [-0.25, -0.2) is 9.78 Å². The zero-order valence-corrected chi connectivity index (χ0v) is 18.8. The number of ether oxygens (including phenoxy) is 2. The molecule has 168 valence electrons. The second-order valence-corrected chi connectivity index (χ2v) is 7.69. The first-order valence-corrected chi connectivity index (χ1v) is 11.1. The number of amides is 1. The highest BCUT2D eigenvalue weighted by molar-refractivity contribution is 5.70. The van der Waals surface area contributed by atoms with Crippen LogP contribution >= 0.6 is 0 Å². The zero-order valence-electron chi connectivity index (χ0n) is 18.8. The third-order valence-corrected chi connectivity index (χ3v) is 5.67. The van der Waals surface area contributed by atoms with Crippen LogP contribution in [0.3, 0.4) is 0 Å². The molecule has 0 N–H and O–H groups in total. The van der Waals surface area contributed by atoms with Gasteiger partial charge in [-0.05, 0) is 74.4 Å². The molecule has 1 fully saturated rings. The van der Waals surface area contributed by atoms with Gasteiger partial charge < -0.3 is 19.3 Å². The molecule has 1 aliphatic rings. The molecule has 0 unspecified atom stereocenters. The highest BCUT2D eigenvalue weighted by Crippen LogP contribution is 2.29. The molecule has 2 heterocycles. The summed E-state index contributed by atoms with van der Waals surface area (Å²) < 4.78 is 11.2. The van der Waals surface area contributed by atoms with Gasteiger partial charge in [-0.15, -0.1) is 0 Å². The molecule has 4 rings (SSSR count). The van der Waals surface area contributed by atoms with E-state index in [2.05, 4.69) is 11.1 Å². The molecule has 1 amide bonds. The van der Waals surface area contributed by atoms with Gasteiger partial charge >= 0.3 is 6.09 Å². The normalized spacial score (nSPS) is 15.1. The Kier molecular flexibility index (Phi) is 6.75. The first-order valence-electron chi connectivity index (χ1n) is 11.1. The zero-order chi connectivity index (χ0) is 23.2. The van der Waals surface area contributed by atoms with Crippen molar-refractivity contribution in [3.8, 4) is 17.6 Å². The molecule has 33 heavy (non-hydrogen) atoms. The predicted octanol–water partition coefficient (Wildman–Crippen LogP) is 5.29. The Labute approximate surface area is 193 Å². The van der Waals surface area contributed by atoms with Crippen LogP contribution in [-0.4, -0.2) is 41.7 Å². The number of aromatic nitrogens is 1. The molecule has 0 bridgehead atoms. The second-order valence-electron chi connectivity index (χ2n) is 7.69. The quantitative estimate of drug-likeness (QED) is 0.472. The molecular weight excluding hydrogens is 416 g/mol. The molecule has 0 aliphatic carbocycles. The molecule has 1 aliphatic heterocycles. The largest absolute Gasteiger partial charge is 0.457 e. The van der Waals surface area contributed by atoms with Gasteiger partial charge in [0.15, 0.2) is 5.82 Å². The number of nitriles is 1. The number of hydrogen-bond donors (Lipinski definition) is 0. The van der Waals surface area contributed by atoms with E-state index in [4.69, 9.17) is 9.47 Å². The Morgan fingerprint density at radius 1 is 1.12 bits per heavy atom. The molecule has 7 heteroatoms. The maximum atomic E-state index is 11.7. The van der Waals surface area contributed by atoms with Gasteiger partial charge in [0.25, 0.3) is 0 Å². The average molecular weight is 443 g/mol. The minimum atomic E-state index is -0.237. The van der Waals surface area contributed by atoms with Crippen molar-refractivity contribution in [3.05, 3.63) is 78.0 Å². The molecule has 0 spiro atoms. The van der Waals surface area contributed by atoms with Crippen LogP contribution < -0.4 is 9.64 Å². The Balaban J connectivity index is 1.42. The summed E-state index contributed by atoms with van der Waals surface area (Å²) in [6.45, 7) is 5.74. The molecule has 0 radical (unpaired) electrons. The summed E-state index contributed by atoms with van der Waals surface area (Å²) in [5.74, 6) is 2.10. The number of hydrogen-bond acceptors (Lipinski definition) is 6. The van der Waals surface area contributed by atoms with Crippen LogP contribution in [0.25, 0.3) is 0 Å². The lowest BCUT2D eigenvalue weighted by atomic mass is 10.1. The number of cyclic esters (lactones) is 1. The Morgan fingerprint density at radius 3 is 2.45 bits per heavy atom. The SMILES string of the molecule is CCN(c1ccc(Oc2ccc(C[C@H]3COC(=O)N3CC)cc2)cc1)c1ncccc1C#N. The Hall–Kier alpha value is -4.05. The Morgan fingerprint density at radius 2 is 1.82 bits per heavy atom. The van der Waals surface area contributed by atoms with Crippen LogP contribution in [0, 0.1) is 11.3 Å². The minimum absolute atomic E-state index is 0.0731. The number of nitrogens with zero attached hydrogens (tertiary/aromatic N) is 4. The van der Waals surface area contributed by atoms with E-state index in [-0.39, 0.29) is 12.1 Å². The van der Waals surface area contributed by atoms with E-state index >= 15 is 0 Å². The van der Waals surface area contributed by atoms with Gasteiger partial charge in [-0.1, -0.05) is 12.1 Å². The molecule has 1 saturated heterocycles. The van der Waals surface area contributed by atoms with Crippen molar-refractivity contribution >= 4 is 17.6 Å². The molecule has 1 aromatic heterocycles. The van der Waals surface area contributed by atoms with Crippen molar-refractivity contribution in [1.29, 1.82) is 5.26 Å². The summed E-state index contributed by atoms with van der Waals surface area (Å²) in [6.07, 6.45) is 2.20. The number of anilines is 2. The number of likely N-dealkylation sites (N-methyl/N-ethyl adjacent to an activating group) is 1. The highest BCUT2D eigenvalue weighted by Gasteiger charge is 2.31. The average Bonchev–Trinajstić information content (AvgIpc) is 3.21. The van der Waals surface area contributed by atoms with Gasteiger partial charge in [0, 0.05) is 25.0 Å². The summed E-state index contributed by atoms with van der Waals surface area (Å²) in [5.41, 5.74) is 2.60. The summed E-state index contributed by atoms with van der Waals surface area (Å²) in [4.78, 5) is 19.9. The van der Waals surface area contributed by atoms with E-state index in [0.717, 1.165) is 29.2 Å². The van der Waals surface area contributed by atoms with Crippen LogP contribution in [0.5, 0.6) is 11.5 Å². The lowest BCUT2D eigenvalue weighted by molar-refractivity contribution is 0.159. The topological polar surface area (TPSA) is 78.7 Å². The van der Waals surface area contributed by atoms with E-state index in [1.165, 1.54) is 0 Å². The van der Waals surface area contributed by atoms with Crippen LogP contribution in [0.2, 0.25) is 0 Å². The van der Waals surface area contributed by atoms with E-state index < -0.39 is 0 Å². The minimum Gasteiger partial charge on any atom is -0.457 e. The Bertz CT molecular complexity index is 1140. The van der Waals surface area contributed by atoms with Gasteiger partial charge in [0.05, 0.1) is 11.6 Å². The van der Waals surface area contributed by atoms with Gasteiger partial charge in [0.2, 0.25) is 0 Å². The maximum absolute atomic E-state index is 11.7. The van der Waals surface area contributed by atoms with Gasteiger partial charge in [0.1, 0.15) is 24.2 Å². The van der Waals surface area contributed by atoms with E-state index in [1.54, 1.807) is 23.2 Å². The molecule has 0 saturated carbocycles. The molecule has 7 nitrogen and oxygen atoms in total. The first-order chi connectivity index (χ1) is 16.1. The summed E-state index contributed by atoms with van der Waals surface area (Å²) in [5, 5.41) is 9.39. The number of carbonyl (C=O) groups excluding carboxylic acids is 1. The number of rotatable bonds is 8. The van der Waals surface area contributed by atoms with E-state index in [1.807, 2.05) is 67.3 Å². The van der Waals surface area contributed by atoms with Crippen molar-refractivity contribution < 1.29 is 14.3 Å². The number of carbonyl (C=O) groups is 1. The lowest BCUT2D eigenvalue weighted by Crippen LogP contribution is -2.34. The fraction of sp³-hybridized carbons (Fsp3) is 0.269. The summed E-state index contributed by atoms with van der Waals surface area (Å²) in [7, 11) is 0. The van der Waals surface area contributed by atoms with Crippen molar-refractivity contribution in [1.82, 2.24) is 9.88 Å². The predicted molar refractivity (Wildman–Crippen MR) is 126 cm³/mol. The fourth-order valence-corrected chi connectivity index (χ4v) is 4.00. The van der Waals surface area contributed by atoms with Crippen molar-refractivity contribution in [2.75, 3.05) is 24.6 Å². The number of benzene rings is 2. The van der Waals surface area contributed by atoms with Crippen LogP contribution in [0.1, 0.15) is 25.0 Å². The molecular formula is C26H26N4O3. The summed E-state index contributed by atoms with van der Waals surface area (Å²) in [6, 6.07) is 21.4.